The highest BCUT2D eigenvalue weighted by molar-refractivity contribution is 4.56. The molecule has 0 rings (SSSR count). The third-order valence-corrected chi connectivity index (χ3v) is 2.38. The molecular weight excluding hydrogens is 158 g/mol. The van der Waals surface area contributed by atoms with E-state index in [0.717, 1.165) is 11.8 Å². The predicted molar refractivity (Wildman–Crippen MR) is 61.0 cm³/mol. The summed E-state index contributed by atoms with van der Waals surface area (Å²) in [5, 5.41) is 3.48. The van der Waals surface area contributed by atoms with Gasteiger partial charge in [0.05, 0.1) is 0 Å². The van der Waals surface area contributed by atoms with E-state index in [2.05, 4.69) is 33.0 Å². The van der Waals surface area contributed by atoms with Crippen molar-refractivity contribution in [3.8, 4) is 0 Å². The molecule has 0 heterocycles. The van der Waals surface area contributed by atoms with Gasteiger partial charge in [0.15, 0.2) is 0 Å². The third-order valence-electron chi connectivity index (χ3n) is 2.38. The van der Waals surface area contributed by atoms with Crippen molar-refractivity contribution >= 4 is 0 Å². The summed E-state index contributed by atoms with van der Waals surface area (Å²) in [6, 6.07) is 0. The molecule has 0 bridgehead atoms. The van der Waals surface area contributed by atoms with E-state index in [-0.39, 0.29) is 0 Å². The zero-order valence-electron chi connectivity index (χ0n) is 9.90. The standard InChI is InChI=1S/C12H27N/c1-5-7-12(4)8-6-9-13-10-11(2)3/h11-13H,5-10H2,1-4H3. The fraction of sp³-hybridized carbons (Fsp3) is 1.00. The fourth-order valence-electron chi connectivity index (χ4n) is 1.60. The van der Waals surface area contributed by atoms with Gasteiger partial charge in [0, 0.05) is 0 Å². The Labute approximate surface area is 84.3 Å². The normalized spacial score (nSPS) is 13.6. The van der Waals surface area contributed by atoms with Crippen LogP contribution in [0.2, 0.25) is 0 Å². The van der Waals surface area contributed by atoms with Gasteiger partial charge >= 0.3 is 0 Å². The zero-order valence-corrected chi connectivity index (χ0v) is 9.90. The highest BCUT2D eigenvalue weighted by Gasteiger charge is 1.99. The number of hydrogen-bond acceptors (Lipinski definition) is 1. The van der Waals surface area contributed by atoms with Crippen molar-refractivity contribution in [2.75, 3.05) is 13.1 Å². The second-order valence-electron chi connectivity index (χ2n) is 4.63. The Morgan fingerprint density at radius 3 is 2.31 bits per heavy atom. The minimum Gasteiger partial charge on any atom is -0.316 e. The molecule has 0 aromatic rings. The van der Waals surface area contributed by atoms with Crippen molar-refractivity contribution in [2.45, 2.75) is 53.4 Å². The predicted octanol–water partition coefficient (Wildman–Crippen LogP) is 3.45. The lowest BCUT2D eigenvalue weighted by molar-refractivity contribution is 0.450. The molecule has 0 amide bonds. The molecule has 80 valence electrons. The average Bonchev–Trinajstić information content (AvgIpc) is 2.03. The molecule has 0 fully saturated rings. The van der Waals surface area contributed by atoms with Gasteiger partial charge in [0.1, 0.15) is 0 Å². The summed E-state index contributed by atoms with van der Waals surface area (Å²) >= 11 is 0. The van der Waals surface area contributed by atoms with Gasteiger partial charge in [-0.3, -0.25) is 0 Å². The molecule has 0 saturated heterocycles. The quantitative estimate of drug-likeness (QED) is 0.571. The summed E-state index contributed by atoms with van der Waals surface area (Å²) in [7, 11) is 0. The molecule has 1 unspecified atom stereocenters. The average molecular weight is 185 g/mol. The second kappa shape index (κ2) is 8.55. The number of hydrogen-bond donors (Lipinski definition) is 1. The molecule has 0 aliphatic carbocycles. The van der Waals surface area contributed by atoms with Crippen LogP contribution in [0.25, 0.3) is 0 Å². The lowest BCUT2D eigenvalue weighted by Crippen LogP contribution is -2.21. The smallest absolute Gasteiger partial charge is 0.00258 e. The monoisotopic (exact) mass is 185 g/mol. The molecular formula is C12H27N. The number of nitrogens with one attached hydrogen (secondary N) is 1. The molecule has 1 nitrogen and oxygen atoms in total. The molecule has 0 spiro atoms. The van der Waals surface area contributed by atoms with Gasteiger partial charge in [-0.1, -0.05) is 40.5 Å². The molecule has 0 aromatic carbocycles. The van der Waals surface area contributed by atoms with Crippen LogP contribution in [0.3, 0.4) is 0 Å². The minimum absolute atomic E-state index is 0.785. The summed E-state index contributed by atoms with van der Waals surface area (Å²) in [5.41, 5.74) is 0. The Morgan fingerprint density at radius 2 is 1.77 bits per heavy atom. The zero-order chi connectivity index (χ0) is 10.1. The Bertz CT molecular complexity index is 99.3. The van der Waals surface area contributed by atoms with Gasteiger partial charge in [0.25, 0.3) is 0 Å². The number of rotatable bonds is 8. The van der Waals surface area contributed by atoms with Crippen LogP contribution >= 0.6 is 0 Å². The van der Waals surface area contributed by atoms with E-state index in [9.17, 15) is 0 Å². The maximum absolute atomic E-state index is 3.48. The fourth-order valence-corrected chi connectivity index (χ4v) is 1.60. The van der Waals surface area contributed by atoms with Crippen molar-refractivity contribution in [1.82, 2.24) is 5.32 Å². The molecule has 1 atom stereocenters. The van der Waals surface area contributed by atoms with Crippen molar-refractivity contribution in [1.29, 1.82) is 0 Å². The molecule has 0 aromatic heterocycles. The van der Waals surface area contributed by atoms with Gasteiger partial charge in [-0.05, 0) is 37.8 Å². The Morgan fingerprint density at radius 1 is 1.08 bits per heavy atom. The maximum atomic E-state index is 3.48. The molecule has 1 heteroatoms. The summed E-state index contributed by atoms with van der Waals surface area (Å²) in [6.45, 7) is 11.5. The van der Waals surface area contributed by atoms with E-state index in [1.165, 1.54) is 38.8 Å². The summed E-state index contributed by atoms with van der Waals surface area (Å²) in [5.74, 6) is 1.71. The lowest BCUT2D eigenvalue weighted by Gasteiger charge is -2.10. The van der Waals surface area contributed by atoms with Gasteiger partial charge in [-0.2, -0.15) is 0 Å². The lowest BCUT2D eigenvalue weighted by atomic mass is 10.0. The molecule has 0 aliphatic rings. The first kappa shape index (κ1) is 13.0. The minimum atomic E-state index is 0.785. The van der Waals surface area contributed by atoms with Crippen LogP contribution in [0.4, 0.5) is 0 Å². The van der Waals surface area contributed by atoms with Crippen LogP contribution < -0.4 is 5.32 Å². The van der Waals surface area contributed by atoms with Gasteiger partial charge in [-0.15, -0.1) is 0 Å². The van der Waals surface area contributed by atoms with Crippen molar-refractivity contribution in [3.05, 3.63) is 0 Å². The Kier molecular flexibility index (Phi) is 8.53. The van der Waals surface area contributed by atoms with E-state index in [4.69, 9.17) is 0 Å². The highest BCUT2D eigenvalue weighted by Crippen LogP contribution is 2.11. The van der Waals surface area contributed by atoms with Crippen molar-refractivity contribution < 1.29 is 0 Å². The summed E-state index contributed by atoms with van der Waals surface area (Å²) < 4.78 is 0. The largest absolute Gasteiger partial charge is 0.316 e. The van der Waals surface area contributed by atoms with E-state index >= 15 is 0 Å². The van der Waals surface area contributed by atoms with E-state index in [1.807, 2.05) is 0 Å². The van der Waals surface area contributed by atoms with E-state index in [1.54, 1.807) is 0 Å². The first-order valence-corrected chi connectivity index (χ1v) is 5.87. The third kappa shape index (κ3) is 9.88. The summed E-state index contributed by atoms with van der Waals surface area (Å²) in [4.78, 5) is 0. The molecule has 1 N–H and O–H groups in total. The van der Waals surface area contributed by atoms with Crippen LogP contribution in [-0.2, 0) is 0 Å². The topological polar surface area (TPSA) is 12.0 Å². The van der Waals surface area contributed by atoms with Crippen LogP contribution in [-0.4, -0.2) is 13.1 Å². The molecule has 0 saturated carbocycles. The van der Waals surface area contributed by atoms with Crippen LogP contribution in [0.1, 0.15) is 53.4 Å². The van der Waals surface area contributed by atoms with Gasteiger partial charge in [0.2, 0.25) is 0 Å². The molecule has 13 heavy (non-hydrogen) atoms. The maximum Gasteiger partial charge on any atom is -0.00258 e. The van der Waals surface area contributed by atoms with Crippen LogP contribution in [0.5, 0.6) is 0 Å². The Hall–Kier alpha value is -0.0400. The second-order valence-corrected chi connectivity index (χ2v) is 4.63. The Balaban J connectivity index is 3.06. The van der Waals surface area contributed by atoms with Crippen LogP contribution in [0, 0.1) is 11.8 Å². The van der Waals surface area contributed by atoms with E-state index < -0.39 is 0 Å². The highest BCUT2D eigenvalue weighted by atomic mass is 14.8. The van der Waals surface area contributed by atoms with Crippen molar-refractivity contribution in [2.24, 2.45) is 11.8 Å². The van der Waals surface area contributed by atoms with Crippen LogP contribution in [0.15, 0.2) is 0 Å². The first-order chi connectivity index (χ1) is 6.16. The van der Waals surface area contributed by atoms with E-state index in [0.29, 0.717) is 0 Å². The summed E-state index contributed by atoms with van der Waals surface area (Å²) in [6.07, 6.45) is 5.46. The molecule has 0 radical (unpaired) electrons. The molecule has 0 aliphatic heterocycles. The SMILES string of the molecule is CCCC(C)CCCNCC(C)C. The van der Waals surface area contributed by atoms with Gasteiger partial charge < -0.3 is 5.32 Å². The van der Waals surface area contributed by atoms with Crippen molar-refractivity contribution in [3.63, 3.8) is 0 Å². The first-order valence-electron chi connectivity index (χ1n) is 5.87. The van der Waals surface area contributed by atoms with Gasteiger partial charge in [-0.25, -0.2) is 0 Å².